The minimum Gasteiger partial charge on any atom is -0.335 e. The zero-order chi connectivity index (χ0) is 9.05. The van der Waals surface area contributed by atoms with Crippen molar-refractivity contribution in [2.24, 2.45) is 0 Å². The molecular weight excluding hydrogens is 166 g/mol. The summed E-state index contributed by atoms with van der Waals surface area (Å²) in [5.74, 6) is 0.352. The summed E-state index contributed by atoms with van der Waals surface area (Å²) in [7, 11) is 2.13. The first kappa shape index (κ1) is 7.76. The van der Waals surface area contributed by atoms with E-state index < -0.39 is 0 Å². The van der Waals surface area contributed by atoms with Crippen molar-refractivity contribution in [1.29, 1.82) is 0 Å². The lowest BCUT2D eigenvalue weighted by atomic mass is 10.1. The highest BCUT2D eigenvalue weighted by molar-refractivity contribution is 5.92. The number of piperazine rings is 1. The van der Waals surface area contributed by atoms with Gasteiger partial charge >= 0.3 is 0 Å². The van der Waals surface area contributed by atoms with E-state index in [2.05, 4.69) is 22.2 Å². The number of nitrogens with zero attached hydrogens (tertiary/aromatic N) is 2. The molecule has 4 heteroatoms. The molecule has 2 unspecified atom stereocenters. The molecule has 0 radical (unpaired) electrons. The van der Waals surface area contributed by atoms with Crippen LogP contribution in [0.2, 0.25) is 0 Å². The Morgan fingerprint density at radius 3 is 3.00 bits per heavy atom. The van der Waals surface area contributed by atoms with Gasteiger partial charge in [-0.3, -0.25) is 10.1 Å². The number of carbonyl (C=O) groups excluding carboxylic acids is 1. The number of nitrogens with one attached hydrogen (secondary N) is 1. The second kappa shape index (κ2) is 2.25. The summed E-state index contributed by atoms with van der Waals surface area (Å²) in [6.45, 7) is 3.90. The van der Waals surface area contributed by atoms with Crippen molar-refractivity contribution in [2.75, 3.05) is 33.2 Å². The minimum atomic E-state index is -0.115. The highest BCUT2D eigenvalue weighted by Gasteiger charge is 2.59. The maximum atomic E-state index is 11.9. The first-order valence-electron chi connectivity index (χ1n) is 4.96. The summed E-state index contributed by atoms with van der Waals surface area (Å²) >= 11 is 0. The molecule has 3 aliphatic rings. The largest absolute Gasteiger partial charge is 0.335 e. The first-order chi connectivity index (χ1) is 6.21. The topological polar surface area (TPSA) is 45.5 Å². The van der Waals surface area contributed by atoms with E-state index in [1.54, 1.807) is 0 Å². The Morgan fingerprint density at radius 2 is 2.31 bits per heavy atom. The summed E-state index contributed by atoms with van der Waals surface area (Å²) in [4.78, 5) is 16.3. The van der Waals surface area contributed by atoms with Crippen molar-refractivity contribution in [3.8, 4) is 0 Å². The SMILES string of the molecule is CN1CCN2C(=O)C3(CN3)CC2C1. The molecule has 0 aromatic rings. The number of carbonyl (C=O) groups is 1. The summed E-state index contributed by atoms with van der Waals surface area (Å²) in [6, 6.07) is 0.473. The lowest BCUT2D eigenvalue weighted by Gasteiger charge is -2.35. The molecule has 72 valence electrons. The maximum absolute atomic E-state index is 11.9. The Hall–Kier alpha value is -0.610. The van der Waals surface area contributed by atoms with E-state index in [-0.39, 0.29) is 5.54 Å². The standard InChI is InChI=1S/C9H15N3O/c1-11-2-3-12-7(5-11)4-9(6-10-9)8(12)13/h7,10H,2-6H2,1H3. The van der Waals surface area contributed by atoms with Crippen LogP contribution in [-0.2, 0) is 4.79 Å². The van der Waals surface area contributed by atoms with Gasteiger partial charge in [0.1, 0.15) is 5.54 Å². The molecule has 0 saturated carbocycles. The van der Waals surface area contributed by atoms with E-state index in [4.69, 9.17) is 0 Å². The van der Waals surface area contributed by atoms with Crippen molar-refractivity contribution in [1.82, 2.24) is 15.1 Å². The van der Waals surface area contributed by atoms with Crippen molar-refractivity contribution in [3.05, 3.63) is 0 Å². The van der Waals surface area contributed by atoms with Gasteiger partial charge in [0.2, 0.25) is 5.91 Å². The van der Waals surface area contributed by atoms with E-state index in [1.807, 2.05) is 0 Å². The lowest BCUT2D eigenvalue weighted by molar-refractivity contribution is -0.132. The van der Waals surface area contributed by atoms with Crippen molar-refractivity contribution in [2.45, 2.75) is 18.0 Å². The molecule has 0 aliphatic carbocycles. The van der Waals surface area contributed by atoms with E-state index in [9.17, 15) is 4.79 Å². The molecular formula is C9H15N3O. The molecule has 2 atom stereocenters. The monoisotopic (exact) mass is 181 g/mol. The van der Waals surface area contributed by atoms with Crippen LogP contribution in [0.4, 0.5) is 0 Å². The van der Waals surface area contributed by atoms with Gasteiger partial charge in [-0.15, -0.1) is 0 Å². The van der Waals surface area contributed by atoms with Gasteiger partial charge in [-0.2, -0.15) is 0 Å². The maximum Gasteiger partial charge on any atom is 0.244 e. The van der Waals surface area contributed by atoms with Gasteiger partial charge in [0, 0.05) is 32.2 Å². The number of rotatable bonds is 0. The third kappa shape index (κ3) is 0.957. The summed E-state index contributed by atoms with van der Waals surface area (Å²) in [5, 5.41) is 3.22. The summed E-state index contributed by atoms with van der Waals surface area (Å²) in [6.07, 6.45) is 1.02. The predicted octanol–water partition coefficient (Wildman–Crippen LogP) is -1.13. The van der Waals surface area contributed by atoms with Gasteiger partial charge < -0.3 is 9.80 Å². The van der Waals surface area contributed by atoms with E-state index in [0.29, 0.717) is 11.9 Å². The molecule has 1 N–H and O–H groups in total. The van der Waals surface area contributed by atoms with Crippen LogP contribution in [0, 0.1) is 0 Å². The second-order valence-electron chi connectivity index (χ2n) is 4.55. The smallest absolute Gasteiger partial charge is 0.244 e. The van der Waals surface area contributed by atoms with Crippen LogP contribution in [0.25, 0.3) is 0 Å². The number of amides is 1. The van der Waals surface area contributed by atoms with Crippen molar-refractivity contribution in [3.63, 3.8) is 0 Å². The molecule has 3 aliphatic heterocycles. The zero-order valence-electron chi connectivity index (χ0n) is 7.92. The van der Waals surface area contributed by atoms with Crippen molar-refractivity contribution < 1.29 is 4.79 Å². The van der Waals surface area contributed by atoms with Crippen LogP contribution in [0.1, 0.15) is 6.42 Å². The zero-order valence-corrected chi connectivity index (χ0v) is 7.92. The third-order valence-electron chi connectivity index (χ3n) is 3.54. The fraction of sp³-hybridized carbons (Fsp3) is 0.889. The second-order valence-corrected chi connectivity index (χ2v) is 4.55. The summed E-state index contributed by atoms with van der Waals surface area (Å²) < 4.78 is 0. The highest BCUT2D eigenvalue weighted by atomic mass is 16.2. The molecule has 3 rings (SSSR count). The van der Waals surface area contributed by atoms with Gasteiger partial charge in [-0.05, 0) is 13.5 Å². The average Bonchev–Trinajstić information content (AvgIpc) is 2.79. The molecule has 3 heterocycles. The molecule has 0 aromatic carbocycles. The normalized spacial score (nSPS) is 44.2. The molecule has 4 nitrogen and oxygen atoms in total. The Balaban J connectivity index is 1.84. The fourth-order valence-corrected chi connectivity index (χ4v) is 2.62. The van der Waals surface area contributed by atoms with Gasteiger partial charge in [0.05, 0.1) is 0 Å². The van der Waals surface area contributed by atoms with Crippen LogP contribution >= 0.6 is 0 Å². The molecule has 3 saturated heterocycles. The van der Waals surface area contributed by atoms with E-state index in [1.165, 1.54) is 0 Å². The van der Waals surface area contributed by atoms with Gasteiger partial charge in [-0.1, -0.05) is 0 Å². The third-order valence-corrected chi connectivity index (χ3v) is 3.54. The predicted molar refractivity (Wildman–Crippen MR) is 48.3 cm³/mol. The molecule has 1 amide bonds. The molecule has 0 bridgehead atoms. The Morgan fingerprint density at radius 1 is 1.54 bits per heavy atom. The molecule has 0 aromatic heterocycles. The fourth-order valence-electron chi connectivity index (χ4n) is 2.62. The van der Waals surface area contributed by atoms with Crippen LogP contribution < -0.4 is 5.32 Å². The molecule has 13 heavy (non-hydrogen) atoms. The number of hydrogen-bond acceptors (Lipinski definition) is 3. The van der Waals surface area contributed by atoms with Gasteiger partial charge in [0.15, 0.2) is 0 Å². The van der Waals surface area contributed by atoms with Crippen LogP contribution in [-0.4, -0.2) is 60.5 Å². The highest BCUT2D eigenvalue weighted by Crippen LogP contribution is 2.36. The van der Waals surface area contributed by atoms with Crippen LogP contribution in [0.3, 0.4) is 0 Å². The van der Waals surface area contributed by atoms with Crippen LogP contribution in [0.15, 0.2) is 0 Å². The average molecular weight is 181 g/mol. The Bertz CT molecular complexity index is 262. The van der Waals surface area contributed by atoms with Crippen molar-refractivity contribution >= 4 is 5.91 Å². The number of hydrogen-bond donors (Lipinski definition) is 1. The minimum absolute atomic E-state index is 0.115. The Labute approximate surface area is 77.9 Å². The Kier molecular flexibility index (Phi) is 1.34. The first-order valence-corrected chi connectivity index (χ1v) is 4.96. The summed E-state index contributed by atoms with van der Waals surface area (Å²) in [5.41, 5.74) is -0.115. The molecule has 1 spiro atoms. The molecule has 3 fully saturated rings. The van der Waals surface area contributed by atoms with E-state index in [0.717, 1.165) is 32.6 Å². The number of likely N-dealkylation sites (N-methyl/N-ethyl adjacent to an activating group) is 1. The number of fused-ring (bicyclic) bond motifs is 1. The van der Waals surface area contributed by atoms with Gasteiger partial charge in [0.25, 0.3) is 0 Å². The van der Waals surface area contributed by atoms with E-state index >= 15 is 0 Å². The van der Waals surface area contributed by atoms with Crippen LogP contribution in [0.5, 0.6) is 0 Å². The quantitative estimate of drug-likeness (QED) is 0.481. The van der Waals surface area contributed by atoms with Gasteiger partial charge in [-0.25, -0.2) is 0 Å². The lowest BCUT2D eigenvalue weighted by Crippen LogP contribution is -2.50.